The van der Waals surface area contributed by atoms with Gasteiger partial charge in [0, 0.05) is 13.7 Å². The maximum absolute atomic E-state index is 11.8. The van der Waals surface area contributed by atoms with E-state index in [1.807, 2.05) is 0 Å². The van der Waals surface area contributed by atoms with E-state index in [-0.39, 0.29) is 11.1 Å². The van der Waals surface area contributed by atoms with E-state index in [4.69, 9.17) is 14.6 Å². The molecule has 0 fully saturated rings. The number of amides is 1. The van der Waals surface area contributed by atoms with E-state index < -0.39 is 11.9 Å². The number of hydrogen-bond acceptors (Lipinski definition) is 4. The Labute approximate surface area is 111 Å². The molecule has 0 heterocycles. The number of nitrogens with one attached hydrogen (secondary N) is 1. The molecular weight excluding hydrogens is 250 g/mol. The lowest BCUT2D eigenvalue weighted by atomic mass is 10.1. The molecule has 0 aromatic heterocycles. The summed E-state index contributed by atoms with van der Waals surface area (Å²) in [5.74, 6) is -1.55. The lowest BCUT2D eigenvalue weighted by Crippen LogP contribution is -2.29. The van der Waals surface area contributed by atoms with E-state index in [0.29, 0.717) is 26.4 Å². The molecule has 1 rings (SSSR count). The van der Waals surface area contributed by atoms with Crippen molar-refractivity contribution in [1.29, 1.82) is 0 Å². The maximum atomic E-state index is 11.8. The predicted octanol–water partition coefficient (Wildman–Crippen LogP) is 0.778. The van der Waals surface area contributed by atoms with Crippen LogP contribution in [0.5, 0.6) is 0 Å². The van der Waals surface area contributed by atoms with Crippen LogP contribution in [-0.4, -0.2) is 50.5 Å². The number of rotatable bonds is 8. The Morgan fingerprint density at radius 2 is 1.84 bits per heavy atom. The highest BCUT2D eigenvalue weighted by Gasteiger charge is 2.14. The van der Waals surface area contributed by atoms with Gasteiger partial charge in [0.25, 0.3) is 5.91 Å². The van der Waals surface area contributed by atoms with Crippen molar-refractivity contribution in [1.82, 2.24) is 5.32 Å². The van der Waals surface area contributed by atoms with Gasteiger partial charge in [-0.25, -0.2) is 4.79 Å². The predicted molar refractivity (Wildman–Crippen MR) is 68.4 cm³/mol. The molecule has 6 heteroatoms. The summed E-state index contributed by atoms with van der Waals surface area (Å²) in [4.78, 5) is 22.8. The first-order valence-corrected chi connectivity index (χ1v) is 5.84. The second kappa shape index (κ2) is 8.23. The molecule has 0 atom stereocenters. The van der Waals surface area contributed by atoms with Crippen LogP contribution in [0.15, 0.2) is 24.3 Å². The van der Waals surface area contributed by atoms with Gasteiger partial charge >= 0.3 is 5.97 Å². The molecule has 19 heavy (non-hydrogen) atoms. The Hall–Kier alpha value is -1.92. The Morgan fingerprint density at radius 3 is 2.47 bits per heavy atom. The first-order valence-electron chi connectivity index (χ1n) is 5.84. The molecule has 0 unspecified atom stereocenters. The van der Waals surface area contributed by atoms with Crippen LogP contribution in [0, 0.1) is 0 Å². The second-order valence-corrected chi connectivity index (χ2v) is 3.71. The average Bonchev–Trinajstić information content (AvgIpc) is 2.42. The molecule has 0 aliphatic heterocycles. The van der Waals surface area contributed by atoms with Crippen LogP contribution in [0.25, 0.3) is 0 Å². The molecule has 0 aliphatic carbocycles. The largest absolute Gasteiger partial charge is 0.478 e. The van der Waals surface area contributed by atoms with Crippen molar-refractivity contribution in [2.24, 2.45) is 0 Å². The van der Waals surface area contributed by atoms with Crippen LogP contribution < -0.4 is 5.32 Å². The van der Waals surface area contributed by atoms with Crippen LogP contribution in [-0.2, 0) is 9.47 Å². The number of methoxy groups -OCH3 is 1. The van der Waals surface area contributed by atoms with E-state index in [9.17, 15) is 9.59 Å². The zero-order valence-corrected chi connectivity index (χ0v) is 10.7. The van der Waals surface area contributed by atoms with E-state index >= 15 is 0 Å². The summed E-state index contributed by atoms with van der Waals surface area (Å²) < 4.78 is 9.99. The standard InChI is InChI=1S/C13H17NO5/c1-18-8-9-19-7-6-14-12(15)10-4-2-3-5-11(10)13(16)17/h2-5H,6-9H2,1H3,(H,14,15)(H,16,17). The lowest BCUT2D eigenvalue weighted by molar-refractivity contribution is 0.0677. The molecule has 0 saturated carbocycles. The van der Waals surface area contributed by atoms with Crippen LogP contribution in [0.3, 0.4) is 0 Å². The number of carboxylic acid groups (broad SMARTS) is 1. The highest BCUT2D eigenvalue weighted by atomic mass is 16.5. The average molecular weight is 267 g/mol. The molecule has 6 nitrogen and oxygen atoms in total. The van der Waals surface area contributed by atoms with Crippen molar-refractivity contribution in [2.75, 3.05) is 33.5 Å². The minimum absolute atomic E-state index is 0.0136. The van der Waals surface area contributed by atoms with Gasteiger partial charge in [0.1, 0.15) is 0 Å². The minimum Gasteiger partial charge on any atom is -0.478 e. The fourth-order valence-corrected chi connectivity index (χ4v) is 1.44. The fourth-order valence-electron chi connectivity index (χ4n) is 1.44. The number of carbonyl (C=O) groups is 2. The molecular formula is C13H17NO5. The smallest absolute Gasteiger partial charge is 0.336 e. The fraction of sp³-hybridized carbons (Fsp3) is 0.385. The molecule has 104 valence electrons. The third-order valence-electron chi connectivity index (χ3n) is 2.37. The van der Waals surface area contributed by atoms with Crippen molar-refractivity contribution in [3.05, 3.63) is 35.4 Å². The van der Waals surface area contributed by atoms with Gasteiger partial charge in [0.2, 0.25) is 0 Å². The summed E-state index contributed by atoms with van der Waals surface area (Å²) in [5.41, 5.74) is 0.132. The number of aromatic carboxylic acids is 1. The van der Waals surface area contributed by atoms with Crippen molar-refractivity contribution in [3.63, 3.8) is 0 Å². The number of ether oxygens (including phenoxy) is 2. The summed E-state index contributed by atoms with van der Waals surface area (Å²) in [5, 5.41) is 11.6. The number of benzene rings is 1. The number of carboxylic acids is 1. The molecule has 1 aromatic rings. The Kier molecular flexibility index (Phi) is 6.56. The Morgan fingerprint density at radius 1 is 1.16 bits per heavy atom. The van der Waals surface area contributed by atoms with E-state index in [1.54, 1.807) is 19.2 Å². The van der Waals surface area contributed by atoms with Gasteiger partial charge in [0.05, 0.1) is 30.9 Å². The van der Waals surface area contributed by atoms with E-state index in [1.165, 1.54) is 12.1 Å². The van der Waals surface area contributed by atoms with Crippen LogP contribution in [0.2, 0.25) is 0 Å². The molecule has 0 bridgehead atoms. The molecule has 2 N–H and O–H groups in total. The summed E-state index contributed by atoms with van der Waals surface area (Å²) in [6.45, 7) is 1.62. The van der Waals surface area contributed by atoms with Gasteiger partial charge < -0.3 is 19.9 Å². The van der Waals surface area contributed by atoms with Gasteiger partial charge in [-0.3, -0.25) is 4.79 Å². The molecule has 1 aromatic carbocycles. The molecule has 0 spiro atoms. The lowest BCUT2D eigenvalue weighted by Gasteiger charge is -2.08. The Bertz CT molecular complexity index is 433. The first-order chi connectivity index (χ1) is 9.16. The van der Waals surface area contributed by atoms with Gasteiger partial charge in [0.15, 0.2) is 0 Å². The molecule has 0 saturated heterocycles. The van der Waals surface area contributed by atoms with Gasteiger partial charge in [-0.15, -0.1) is 0 Å². The Balaban J connectivity index is 2.43. The summed E-state index contributed by atoms with van der Waals surface area (Å²) in [7, 11) is 1.58. The number of carbonyl (C=O) groups excluding carboxylic acids is 1. The van der Waals surface area contributed by atoms with Gasteiger partial charge in [-0.1, -0.05) is 12.1 Å². The topological polar surface area (TPSA) is 84.9 Å². The van der Waals surface area contributed by atoms with Crippen LogP contribution >= 0.6 is 0 Å². The van der Waals surface area contributed by atoms with Crippen molar-refractivity contribution in [2.45, 2.75) is 0 Å². The molecule has 1 amide bonds. The van der Waals surface area contributed by atoms with Crippen molar-refractivity contribution < 1.29 is 24.2 Å². The maximum Gasteiger partial charge on any atom is 0.336 e. The summed E-state index contributed by atoms with van der Waals surface area (Å²) in [6, 6.07) is 6.07. The summed E-state index contributed by atoms with van der Waals surface area (Å²) >= 11 is 0. The van der Waals surface area contributed by atoms with Crippen molar-refractivity contribution >= 4 is 11.9 Å². The van der Waals surface area contributed by atoms with Gasteiger partial charge in [-0.2, -0.15) is 0 Å². The van der Waals surface area contributed by atoms with E-state index in [2.05, 4.69) is 5.32 Å². The zero-order valence-electron chi connectivity index (χ0n) is 10.7. The monoisotopic (exact) mass is 267 g/mol. The zero-order chi connectivity index (χ0) is 14.1. The first kappa shape index (κ1) is 15.1. The third-order valence-corrected chi connectivity index (χ3v) is 2.37. The molecule has 0 radical (unpaired) electrons. The second-order valence-electron chi connectivity index (χ2n) is 3.71. The SMILES string of the molecule is COCCOCCNC(=O)c1ccccc1C(=O)O. The van der Waals surface area contributed by atoms with Crippen LogP contribution in [0.1, 0.15) is 20.7 Å². The quantitative estimate of drug-likeness (QED) is 0.680. The number of hydrogen-bond donors (Lipinski definition) is 2. The highest BCUT2D eigenvalue weighted by Crippen LogP contribution is 2.08. The summed E-state index contributed by atoms with van der Waals surface area (Å²) in [6.07, 6.45) is 0. The van der Waals surface area contributed by atoms with Crippen LogP contribution in [0.4, 0.5) is 0 Å². The molecule has 0 aliphatic rings. The van der Waals surface area contributed by atoms with E-state index in [0.717, 1.165) is 0 Å². The third kappa shape index (κ3) is 5.07. The minimum atomic E-state index is -1.12. The van der Waals surface area contributed by atoms with Crippen molar-refractivity contribution in [3.8, 4) is 0 Å². The highest BCUT2D eigenvalue weighted by molar-refractivity contribution is 6.04. The normalized spacial score (nSPS) is 10.2. The van der Waals surface area contributed by atoms with Gasteiger partial charge in [-0.05, 0) is 12.1 Å².